The molecule has 0 spiro atoms. The first kappa shape index (κ1) is 15.5. The zero-order valence-electron chi connectivity index (χ0n) is 12.3. The second kappa shape index (κ2) is 8.52. The summed E-state index contributed by atoms with van der Waals surface area (Å²) < 4.78 is 5.44. The molecule has 1 aliphatic heterocycles. The average Bonchev–Trinajstić information content (AvgIpc) is 2.76. The van der Waals surface area contributed by atoms with Crippen molar-refractivity contribution in [3.63, 3.8) is 0 Å². The third-order valence-corrected chi connectivity index (χ3v) is 4.10. The highest BCUT2D eigenvalue weighted by atomic mass is 16.5. The highest BCUT2D eigenvalue weighted by Gasteiger charge is 2.22. The Labute approximate surface area is 112 Å². The average molecular weight is 255 g/mol. The Kier molecular flexibility index (Phi) is 7.33. The Morgan fingerprint density at radius 3 is 2.78 bits per heavy atom. The molecule has 0 aromatic heterocycles. The lowest BCUT2D eigenvalue weighted by molar-refractivity contribution is -0.149. The second-order valence-corrected chi connectivity index (χ2v) is 5.48. The minimum absolute atomic E-state index is 0.0200. The first-order valence-corrected chi connectivity index (χ1v) is 7.55. The van der Waals surface area contributed by atoms with Gasteiger partial charge in [-0.15, -0.1) is 0 Å². The molecule has 0 amide bonds. The van der Waals surface area contributed by atoms with Crippen LogP contribution in [-0.2, 0) is 9.53 Å². The maximum Gasteiger partial charge on any atom is 0.308 e. The van der Waals surface area contributed by atoms with Crippen LogP contribution in [0.5, 0.6) is 0 Å². The first-order chi connectivity index (χ1) is 8.69. The minimum Gasteiger partial charge on any atom is -0.465 e. The molecular formula is C15H29NO2. The van der Waals surface area contributed by atoms with Gasteiger partial charge in [-0.25, -0.2) is 0 Å². The maximum atomic E-state index is 11.9. The molecule has 0 bridgehead atoms. The van der Waals surface area contributed by atoms with Crippen LogP contribution in [0.4, 0.5) is 0 Å². The predicted octanol–water partition coefficient (Wildman–Crippen LogP) is 3.23. The SMILES string of the molecule is CCCCC(CC)C(=O)OCCC1CCCN1C. The zero-order valence-corrected chi connectivity index (χ0v) is 12.3. The number of nitrogens with zero attached hydrogens (tertiary/aromatic N) is 1. The van der Waals surface area contributed by atoms with Crippen molar-refractivity contribution in [3.05, 3.63) is 0 Å². The van der Waals surface area contributed by atoms with Crippen molar-refractivity contribution in [1.82, 2.24) is 4.90 Å². The van der Waals surface area contributed by atoms with Crippen LogP contribution in [0.3, 0.4) is 0 Å². The van der Waals surface area contributed by atoms with E-state index < -0.39 is 0 Å². The van der Waals surface area contributed by atoms with Crippen LogP contribution in [0.25, 0.3) is 0 Å². The van der Waals surface area contributed by atoms with Gasteiger partial charge in [0.1, 0.15) is 0 Å². The van der Waals surface area contributed by atoms with Crippen LogP contribution in [0.15, 0.2) is 0 Å². The summed E-state index contributed by atoms with van der Waals surface area (Å²) in [5.74, 6) is 0.137. The number of esters is 1. The van der Waals surface area contributed by atoms with Crippen LogP contribution in [0.1, 0.15) is 58.8 Å². The molecule has 0 aliphatic carbocycles. The highest BCUT2D eigenvalue weighted by molar-refractivity contribution is 5.72. The number of carbonyl (C=O) groups is 1. The summed E-state index contributed by atoms with van der Waals surface area (Å²) in [7, 11) is 2.16. The highest BCUT2D eigenvalue weighted by Crippen LogP contribution is 2.19. The smallest absolute Gasteiger partial charge is 0.308 e. The fraction of sp³-hybridized carbons (Fsp3) is 0.933. The quantitative estimate of drug-likeness (QED) is 0.624. The lowest BCUT2D eigenvalue weighted by Gasteiger charge is -2.20. The largest absolute Gasteiger partial charge is 0.465 e. The molecule has 0 N–H and O–H groups in total. The molecule has 1 saturated heterocycles. The van der Waals surface area contributed by atoms with E-state index in [1.807, 2.05) is 0 Å². The monoisotopic (exact) mass is 255 g/mol. The summed E-state index contributed by atoms with van der Waals surface area (Å²) in [5, 5.41) is 0. The van der Waals surface area contributed by atoms with E-state index in [4.69, 9.17) is 4.74 Å². The number of hydrogen-bond donors (Lipinski definition) is 0. The number of ether oxygens (including phenoxy) is 1. The van der Waals surface area contributed by atoms with Gasteiger partial charge in [-0.1, -0.05) is 26.7 Å². The van der Waals surface area contributed by atoms with E-state index in [1.165, 1.54) is 19.4 Å². The van der Waals surface area contributed by atoms with Gasteiger partial charge >= 0.3 is 5.97 Å². The minimum atomic E-state index is 0.0200. The predicted molar refractivity (Wildman–Crippen MR) is 74.5 cm³/mol. The molecule has 2 unspecified atom stereocenters. The van der Waals surface area contributed by atoms with E-state index in [2.05, 4.69) is 25.8 Å². The molecule has 1 rings (SSSR count). The number of unbranched alkanes of at least 4 members (excludes halogenated alkanes) is 1. The molecule has 3 nitrogen and oxygen atoms in total. The number of carbonyl (C=O) groups excluding carboxylic acids is 1. The molecule has 0 saturated carbocycles. The summed E-state index contributed by atoms with van der Waals surface area (Å²) in [6, 6.07) is 0.619. The Morgan fingerprint density at radius 1 is 1.44 bits per heavy atom. The molecule has 18 heavy (non-hydrogen) atoms. The van der Waals surface area contributed by atoms with E-state index in [0.717, 1.165) is 32.1 Å². The van der Waals surface area contributed by atoms with Gasteiger partial charge in [0.15, 0.2) is 0 Å². The van der Waals surface area contributed by atoms with Gasteiger partial charge in [-0.2, -0.15) is 0 Å². The lowest BCUT2D eigenvalue weighted by Crippen LogP contribution is -2.27. The van der Waals surface area contributed by atoms with Crippen molar-refractivity contribution in [2.24, 2.45) is 5.92 Å². The summed E-state index contributed by atoms with van der Waals surface area (Å²) in [6.45, 7) is 6.02. The second-order valence-electron chi connectivity index (χ2n) is 5.48. The number of hydrogen-bond acceptors (Lipinski definition) is 3. The van der Waals surface area contributed by atoms with Crippen molar-refractivity contribution < 1.29 is 9.53 Å². The lowest BCUT2D eigenvalue weighted by atomic mass is 10.00. The number of rotatable bonds is 8. The van der Waals surface area contributed by atoms with Crippen LogP contribution in [0.2, 0.25) is 0 Å². The molecular weight excluding hydrogens is 226 g/mol. The third-order valence-electron chi connectivity index (χ3n) is 4.10. The summed E-state index contributed by atoms with van der Waals surface area (Å²) in [6.07, 6.45) is 7.68. The van der Waals surface area contributed by atoms with Gasteiger partial charge < -0.3 is 9.64 Å². The Bertz CT molecular complexity index is 243. The normalized spacial score (nSPS) is 22.1. The molecule has 1 fully saturated rings. The first-order valence-electron chi connectivity index (χ1n) is 7.55. The van der Waals surface area contributed by atoms with Crippen molar-refractivity contribution in [2.75, 3.05) is 20.2 Å². The fourth-order valence-electron chi connectivity index (χ4n) is 2.70. The van der Waals surface area contributed by atoms with Crippen LogP contribution < -0.4 is 0 Å². The maximum absolute atomic E-state index is 11.9. The molecule has 0 aromatic rings. The summed E-state index contributed by atoms with van der Waals surface area (Å²) in [4.78, 5) is 14.3. The van der Waals surface area contributed by atoms with Crippen molar-refractivity contribution in [2.45, 2.75) is 64.8 Å². The van der Waals surface area contributed by atoms with E-state index in [9.17, 15) is 4.79 Å². The van der Waals surface area contributed by atoms with Gasteiger partial charge in [0, 0.05) is 6.04 Å². The molecule has 2 atom stereocenters. The molecule has 0 aromatic carbocycles. The summed E-state index contributed by atoms with van der Waals surface area (Å²) in [5.41, 5.74) is 0. The third kappa shape index (κ3) is 4.97. The zero-order chi connectivity index (χ0) is 13.4. The van der Waals surface area contributed by atoms with Crippen LogP contribution in [-0.4, -0.2) is 37.1 Å². The molecule has 1 heterocycles. The fourth-order valence-corrected chi connectivity index (χ4v) is 2.70. The van der Waals surface area contributed by atoms with Gasteiger partial charge in [-0.3, -0.25) is 4.79 Å². The van der Waals surface area contributed by atoms with E-state index >= 15 is 0 Å². The van der Waals surface area contributed by atoms with Crippen LogP contribution >= 0.6 is 0 Å². The van der Waals surface area contributed by atoms with Crippen molar-refractivity contribution in [1.29, 1.82) is 0 Å². The molecule has 1 aliphatic rings. The molecule has 106 valence electrons. The van der Waals surface area contributed by atoms with Crippen molar-refractivity contribution >= 4 is 5.97 Å². The Morgan fingerprint density at radius 2 is 2.22 bits per heavy atom. The molecule has 3 heteroatoms. The summed E-state index contributed by atoms with van der Waals surface area (Å²) >= 11 is 0. The topological polar surface area (TPSA) is 29.5 Å². The standard InChI is InChI=1S/C15H29NO2/c1-4-6-8-13(5-2)15(17)18-12-10-14-9-7-11-16(14)3/h13-14H,4-12H2,1-3H3. The van der Waals surface area contributed by atoms with Crippen molar-refractivity contribution in [3.8, 4) is 0 Å². The van der Waals surface area contributed by atoms with E-state index in [-0.39, 0.29) is 11.9 Å². The van der Waals surface area contributed by atoms with Gasteiger partial charge in [-0.05, 0) is 45.7 Å². The van der Waals surface area contributed by atoms with Crippen LogP contribution in [0, 0.1) is 5.92 Å². The number of likely N-dealkylation sites (tertiary alicyclic amines) is 1. The van der Waals surface area contributed by atoms with Gasteiger partial charge in [0.05, 0.1) is 12.5 Å². The Hall–Kier alpha value is -0.570. The van der Waals surface area contributed by atoms with Gasteiger partial charge in [0.25, 0.3) is 0 Å². The van der Waals surface area contributed by atoms with E-state index in [0.29, 0.717) is 12.6 Å². The van der Waals surface area contributed by atoms with Gasteiger partial charge in [0.2, 0.25) is 0 Å². The molecule has 0 radical (unpaired) electrons. The van der Waals surface area contributed by atoms with E-state index in [1.54, 1.807) is 0 Å². The Balaban J connectivity index is 2.18.